The third-order valence-electron chi connectivity index (χ3n) is 2.02. The van der Waals surface area contributed by atoms with Crippen LogP contribution in [0.15, 0.2) is 24.3 Å². The highest BCUT2D eigenvalue weighted by atomic mass is 16.5. The van der Waals surface area contributed by atoms with Gasteiger partial charge in [0, 0.05) is 0 Å². The zero-order valence-electron chi connectivity index (χ0n) is 8.92. The van der Waals surface area contributed by atoms with Gasteiger partial charge in [0.15, 0.2) is 6.10 Å². The maximum Gasteiger partial charge on any atom is 0.337 e. The van der Waals surface area contributed by atoms with Gasteiger partial charge >= 0.3 is 5.97 Å². The van der Waals surface area contributed by atoms with Gasteiger partial charge in [-0.2, -0.15) is 0 Å². The van der Waals surface area contributed by atoms with Crippen LogP contribution in [0.2, 0.25) is 0 Å². The summed E-state index contributed by atoms with van der Waals surface area (Å²) in [5.41, 5.74) is 0.516. The van der Waals surface area contributed by atoms with Crippen molar-refractivity contribution < 1.29 is 24.5 Å². The summed E-state index contributed by atoms with van der Waals surface area (Å²) in [6.45, 7) is -0.219. The van der Waals surface area contributed by atoms with E-state index in [1.165, 1.54) is 7.11 Å². The van der Waals surface area contributed by atoms with Crippen LogP contribution >= 0.6 is 0 Å². The van der Waals surface area contributed by atoms with E-state index in [0.717, 1.165) is 0 Å². The lowest BCUT2D eigenvalue weighted by Gasteiger charge is -2.13. The van der Waals surface area contributed by atoms with E-state index in [9.17, 15) is 4.79 Å². The average Bonchev–Trinajstić information content (AvgIpc) is 2.30. The Labute approximate surface area is 93.2 Å². The van der Waals surface area contributed by atoms with Crippen LogP contribution in [0.4, 0.5) is 0 Å². The van der Waals surface area contributed by atoms with E-state index in [4.69, 9.17) is 19.7 Å². The monoisotopic (exact) mass is 226 g/mol. The Morgan fingerprint density at radius 2 is 2.00 bits per heavy atom. The summed E-state index contributed by atoms with van der Waals surface area (Å²) in [7, 11) is 1.53. The van der Waals surface area contributed by atoms with E-state index in [1.807, 2.05) is 0 Å². The molecule has 1 rings (SSSR count). The van der Waals surface area contributed by atoms with Crippen LogP contribution in [-0.2, 0) is 9.53 Å². The molecule has 0 aliphatic rings. The van der Waals surface area contributed by atoms with E-state index in [1.54, 1.807) is 24.3 Å². The molecule has 2 N–H and O–H groups in total. The number of carboxylic acids is 1. The second kappa shape index (κ2) is 6.09. The molecule has 0 radical (unpaired) electrons. The van der Waals surface area contributed by atoms with Crippen LogP contribution < -0.4 is 4.74 Å². The van der Waals surface area contributed by atoms with Gasteiger partial charge in [0.05, 0.1) is 20.3 Å². The number of aliphatic carboxylic acids is 1. The Morgan fingerprint density at radius 1 is 1.38 bits per heavy atom. The molecule has 16 heavy (non-hydrogen) atoms. The number of carboxylic acid groups (broad SMARTS) is 1. The normalized spacial score (nSPS) is 12.1. The van der Waals surface area contributed by atoms with Crippen molar-refractivity contribution in [1.29, 1.82) is 0 Å². The topological polar surface area (TPSA) is 76.0 Å². The van der Waals surface area contributed by atoms with Gasteiger partial charge in [-0.3, -0.25) is 0 Å². The highest BCUT2D eigenvalue weighted by Gasteiger charge is 2.20. The first kappa shape index (κ1) is 12.5. The highest BCUT2D eigenvalue weighted by molar-refractivity contribution is 5.74. The molecule has 0 amide bonds. The molecule has 88 valence electrons. The standard InChI is InChI=1S/C11H14O5/c1-15-9-4-2-8(3-5-9)10(11(13)14)16-7-6-12/h2-5,10,12H,6-7H2,1H3,(H,13,14). The van der Waals surface area contributed by atoms with Crippen molar-refractivity contribution in [2.45, 2.75) is 6.10 Å². The maximum absolute atomic E-state index is 10.9. The molecule has 0 saturated heterocycles. The van der Waals surface area contributed by atoms with Gasteiger partial charge < -0.3 is 19.7 Å². The fraction of sp³-hybridized carbons (Fsp3) is 0.364. The van der Waals surface area contributed by atoms with Gasteiger partial charge in [0.25, 0.3) is 0 Å². The number of ether oxygens (including phenoxy) is 2. The van der Waals surface area contributed by atoms with Gasteiger partial charge in [-0.1, -0.05) is 12.1 Å². The molecule has 0 bridgehead atoms. The fourth-order valence-corrected chi connectivity index (χ4v) is 1.26. The van der Waals surface area contributed by atoms with Gasteiger partial charge in [-0.15, -0.1) is 0 Å². The first-order chi connectivity index (χ1) is 7.69. The molecule has 5 nitrogen and oxygen atoms in total. The number of aliphatic hydroxyl groups excluding tert-OH is 1. The summed E-state index contributed by atoms with van der Waals surface area (Å²) in [6.07, 6.45) is -1.06. The number of carbonyl (C=O) groups is 1. The lowest BCUT2D eigenvalue weighted by Crippen LogP contribution is -2.17. The quantitative estimate of drug-likeness (QED) is 0.751. The molecule has 0 spiro atoms. The highest BCUT2D eigenvalue weighted by Crippen LogP contribution is 2.20. The zero-order valence-corrected chi connectivity index (χ0v) is 8.92. The molecule has 1 aromatic carbocycles. The van der Waals surface area contributed by atoms with Crippen molar-refractivity contribution in [2.24, 2.45) is 0 Å². The molecular weight excluding hydrogens is 212 g/mol. The molecule has 0 saturated carbocycles. The van der Waals surface area contributed by atoms with Gasteiger partial charge in [-0.05, 0) is 17.7 Å². The third-order valence-corrected chi connectivity index (χ3v) is 2.02. The second-order valence-corrected chi connectivity index (χ2v) is 3.09. The first-order valence-electron chi connectivity index (χ1n) is 4.78. The fourth-order valence-electron chi connectivity index (χ4n) is 1.26. The van der Waals surface area contributed by atoms with E-state index in [0.29, 0.717) is 11.3 Å². The van der Waals surface area contributed by atoms with Crippen molar-refractivity contribution in [3.63, 3.8) is 0 Å². The SMILES string of the molecule is COc1ccc(C(OCCO)C(=O)O)cc1. The van der Waals surface area contributed by atoms with E-state index >= 15 is 0 Å². The van der Waals surface area contributed by atoms with Crippen LogP contribution in [0, 0.1) is 0 Å². The van der Waals surface area contributed by atoms with E-state index < -0.39 is 12.1 Å². The number of rotatable bonds is 6. The largest absolute Gasteiger partial charge is 0.497 e. The summed E-state index contributed by atoms with van der Waals surface area (Å²) < 4.78 is 9.98. The summed E-state index contributed by atoms with van der Waals surface area (Å²) in [6, 6.07) is 6.56. The lowest BCUT2D eigenvalue weighted by molar-refractivity contribution is -0.151. The van der Waals surface area contributed by atoms with Crippen LogP contribution in [0.1, 0.15) is 11.7 Å². The predicted molar refractivity (Wildman–Crippen MR) is 56.4 cm³/mol. The Balaban J connectivity index is 2.79. The molecule has 5 heteroatoms. The number of methoxy groups -OCH3 is 1. The Kier molecular flexibility index (Phi) is 4.75. The molecule has 0 aliphatic carbocycles. The number of hydrogen-bond acceptors (Lipinski definition) is 4. The summed E-state index contributed by atoms with van der Waals surface area (Å²) in [4.78, 5) is 10.9. The molecule has 0 heterocycles. The van der Waals surface area contributed by atoms with Crippen LogP contribution in [0.25, 0.3) is 0 Å². The maximum atomic E-state index is 10.9. The molecule has 0 fully saturated rings. The first-order valence-corrected chi connectivity index (χ1v) is 4.78. The van der Waals surface area contributed by atoms with Crippen molar-refractivity contribution in [3.05, 3.63) is 29.8 Å². The lowest BCUT2D eigenvalue weighted by atomic mass is 10.1. The van der Waals surface area contributed by atoms with Crippen LogP contribution in [-0.4, -0.2) is 36.5 Å². The smallest absolute Gasteiger partial charge is 0.337 e. The Morgan fingerprint density at radius 3 is 2.44 bits per heavy atom. The van der Waals surface area contributed by atoms with Gasteiger partial charge in [0.2, 0.25) is 0 Å². The third kappa shape index (κ3) is 3.22. The number of aliphatic hydroxyl groups is 1. The second-order valence-electron chi connectivity index (χ2n) is 3.09. The predicted octanol–water partition coefficient (Wildman–Crippen LogP) is 0.830. The van der Waals surface area contributed by atoms with Crippen molar-refractivity contribution >= 4 is 5.97 Å². The molecule has 1 atom stereocenters. The molecule has 1 unspecified atom stereocenters. The van der Waals surface area contributed by atoms with E-state index in [2.05, 4.69) is 0 Å². The molecular formula is C11H14O5. The van der Waals surface area contributed by atoms with Crippen molar-refractivity contribution in [3.8, 4) is 5.75 Å². The Bertz CT molecular complexity index is 333. The minimum Gasteiger partial charge on any atom is -0.497 e. The zero-order chi connectivity index (χ0) is 12.0. The number of hydrogen-bond donors (Lipinski definition) is 2. The summed E-state index contributed by atoms with van der Waals surface area (Å²) >= 11 is 0. The van der Waals surface area contributed by atoms with Crippen LogP contribution in [0.5, 0.6) is 5.75 Å². The average molecular weight is 226 g/mol. The molecule has 1 aromatic rings. The molecule has 0 aliphatic heterocycles. The number of benzene rings is 1. The summed E-state index contributed by atoms with van der Waals surface area (Å²) in [5, 5.41) is 17.5. The minimum absolute atomic E-state index is 0.0109. The van der Waals surface area contributed by atoms with Gasteiger partial charge in [0.1, 0.15) is 5.75 Å². The van der Waals surface area contributed by atoms with Crippen molar-refractivity contribution in [1.82, 2.24) is 0 Å². The van der Waals surface area contributed by atoms with E-state index in [-0.39, 0.29) is 13.2 Å². The Hall–Kier alpha value is -1.59. The van der Waals surface area contributed by atoms with Gasteiger partial charge in [-0.25, -0.2) is 4.79 Å². The van der Waals surface area contributed by atoms with Crippen molar-refractivity contribution in [2.75, 3.05) is 20.3 Å². The minimum atomic E-state index is -1.08. The van der Waals surface area contributed by atoms with Crippen LogP contribution in [0.3, 0.4) is 0 Å². The molecule has 0 aromatic heterocycles. The summed E-state index contributed by atoms with van der Waals surface area (Å²) in [5.74, 6) is -0.436.